The summed E-state index contributed by atoms with van der Waals surface area (Å²) in [5, 5.41) is 9.50. The largest absolute Gasteiger partial charge is 0.388 e. The van der Waals surface area contributed by atoms with Crippen molar-refractivity contribution in [2.75, 3.05) is 0 Å². The molecule has 0 aliphatic carbocycles. The van der Waals surface area contributed by atoms with Crippen molar-refractivity contribution in [1.82, 2.24) is 0 Å². The Labute approximate surface area is 81.7 Å². The van der Waals surface area contributed by atoms with Gasteiger partial charge < -0.3 is 5.11 Å². The molecule has 1 unspecified atom stereocenters. The van der Waals surface area contributed by atoms with E-state index in [-0.39, 0.29) is 5.56 Å². The zero-order chi connectivity index (χ0) is 10.6. The van der Waals surface area contributed by atoms with Crippen molar-refractivity contribution in [3.8, 4) is 0 Å². The van der Waals surface area contributed by atoms with Crippen molar-refractivity contribution >= 4 is 0 Å². The first-order valence-corrected chi connectivity index (χ1v) is 4.39. The van der Waals surface area contributed by atoms with Crippen LogP contribution in [0.3, 0.4) is 0 Å². The SMILES string of the molecule is C=CCCC(O)c1cccc(F)c1F. The Morgan fingerprint density at radius 1 is 1.43 bits per heavy atom. The lowest BCUT2D eigenvalue weighted by molar-refractivity contribution is 0.163. The second-order valence-corrected chi connectivity index (χ2v) is 3.02. The van der Waals surface area contributed by atoms with Crippen LogP contribution in [0.25, 0.3) is 0 Å². The van der Waals surface area contributed by atoms with Crippen LogP contribution in [0.15, 0.2) is 30.9 Å². The number of hydrogen-bond acceptors (Lipinski definition) is 1. The number of rotatable bonds is 4. The average molecular weight is 198 g/mol. The molecule has 14 heavy (non-hydrogen) atoms. The van der Waals surface area contributed by atoms with Crippen molar-refractivity contribution in [3.63, 3.8) is 0 Å². The fraction of sp³-hybridized carbons (Fsp3) is 0.273. The van der Waals surface area contributed by atoms with Crippen molar-refractivity contribution in [3.05, 3.63) is 48.1 Å². The first kappa shape index (κ1) is 10.9. The quantitative estimate of drug-likeness (QED) is 0.737. The molecule has 0 amide bonds. The van der Waals surface area contributed by atoms with E-state index in [9.17, 15) is 13.9 Å². The lowest BCUT2D eigenvalue weighted by Gasteiger charge is -2.10. The molecule has 76 valence electrons. The predicted octanol–water partition coefficient (Wildman–Crippen LogP) is 2.96. The van der Waals surface area contributed by atoms with Crippen LogP contribution in [-0.4, -0.2) is 5.11 Å². The number of allylic oxidation sites excluding steroid dienone is 1. The molecule has 0 aliphatic rings. The third-order valence-corrected chi connectivity index (χ3v) is 1.98. The van der Waals surface area contributed by atoms with Gasteiger partial charge in [0, 0.05) is 5.56 Å². The topological polar surface area (TPSA) is 20.2 Å². The molecule has 0 heterocycles. The Kier molecular flexibility index (Phi) is 3.77. The van der Waals surface area contributed by atoms with Gasteiger partial charge in [0.25, 0.3) is 0 Å². The Balaban J connectivity index is 2.83. The smallest absolute Gasteiger partial charge is 0.164 e. The molecule has 3 heteroatoms. The summed E-state index contributed by atoms with van der Waals surface area (Å²) in [6.45, 7) is 3.49. The number of benzene rings is 1. The van der Waals surface area contributed by atoms with Crippen LogP contribution in [0, 0.1) is 11.6 Å². The summed E-state index contributed by atoms with van der Waals surface area (Å²) in [7, 11) is 0. The minimum atomic E-state index is -0.969. The van der Waals surface area contributed by atoms with E-state index in [0.717, 1.165) is 6.07 Å². The fourth-order valence-corrected chi connectivity index (χ4v) is 1.21. The maximum absolute atomic E-state index is 13.1. The van der Waals surface area contributed by atoms with Crippen LogP contribution < -0.4 is 0 Å². The predicted molar refractivity (Wildman–Crippen MR) is 50.7 cm³/mol. The van der Waals surface area contributed by atoms with E-state index in [0.29, 0.717) is 12.8 Å². The third-order valence-electron chi connectivity index (χ3n) is 1.98. The number of halogens is 2. The van der Waals surface area contributed by atoms with Gasteiger partial charge in [-0.25, -0.2) is 8.78 Å². The van der Waals surface area contributed by atoms with Crippen LogP contribution in [0.4, 0.5) is 8.78 Å². The van der Waals surface area contributed by atoms with Crippen molar-refractivity contribution in [2.45, 2.75) is 18.9 Å². The molecule has 0 spiro atoms. The molecule has 0 saturated carbocycles. The highest BCUT2D eigenvalue weighted by molar-refractivity contribution is 5.21. The second-order valence-electron chi connectivity index (χ2n) is 3.02. The molecule has 0 radical (unpaired) electrons. The first-order valence-electron chi connectivity index (χ1n) is 4.39. The maximum Gasteiger partial charge on any atom is 0.164 e. The summed E-state index contributed by atoms with van der Waals surface area (Å²) < 4.78 is 25.9. The first-order chi connectivity index (χ1) is 6.66. The maximum atomic E-state index is 13.1. The summed E-state index contributed by atoms with van der Waals surface area (Å²) in [5.41, 5.74) is 0.00634. The van der Waals surface area contributed by atoms with Gasteiger partial charge in [-0.1, -0.05) is 18.2 Å². The van der Waals surface area contributed by atoms with Crippen molar-refractivity contribution in [2.24, 2.45) is 0 Å². The fourth-order valence-electron chi connectivity index (χ4n) is 1.21. The van der Waals surface area contributed by atoms with Gasteiger partial charge in [-0.05, 0) is 18.9 Å². The number of aliphatic hydroxyl groups is 1. The molecule has 1 atom stereocenters. The molecule has 1 N–H and O–H groups in total. The minimum absolute atomic E-state index is 0.00634. The van der Waals surface area contributed by atoms with Gasteiger partial charge in [-0.2, -0.15) is 0 Å². The van der Waals surface area contributed by atoms with Crippen LogP contribution in [-0.2, 0) is 0 Å². The zero-order valence-corrected chi connectivity index (χ0v) is 7.71. The van der Waals surface area contributed by atoms with Crippen LogP contribution in [0.2, 0.25) is 0 Å². The Morgan fingerprint density at radius 2 is 2.14 bits per heavy atom. The molecule has 1 rings (SSSR count). The molecule has 0 bridgehead atoms. The van der Waals surface area contributed by atoms with E-state index in [4.69, 9.17) is 0 Å². The Bertz CT molecular complexity index is 323. The van der Waals surface area contributed by atoms with Gasteiger partial charge in [0.05, 0.1) is 6.10 Å². The van der Waals surface area contributed by atoms with Crippen LogP contribution in [0.5, 0.6) is 0 Å². The monoisotopic (exact) mass is 198 g/mol. The summed E-state index contributed by atoms with van der Waals surface area (Å²) in [6.07, 6.45) is 1.57. The summed E-state index contributed by atoms with van der Waals surface area (Å²) in [6, 6.07) is 3.79. The Hall–Kier alpha value is -1.22. The van der Waals surface area contributed by atoms with Gasteiger partial charge in [0.2, 0.25) is 0 Å². The molecule has 1 aromatic rings. The lowest BCUT2D eigenvalue weighted by Crippen LogP contribution is -2.01. The Morgan fingerprint density at radius 3 is 2.79 bits per heavy atom. The lowest BCUT2D eigenvalue weighted by atomic mass is 10.0. The van der Waals surface area contributed by atoms with Crippen LogP contribution >= 0.6 is 0 Å². The molecule has 1 aromatic carbocycles. The molecule has 0 aromatic heterocycles. The standard InChI is InChI=1S/C11H12F2O/c1-2-3-7-10(14)8-5-4-6-9(12)11(8)13/h2,4-6,10,14H,1,3,7H2. The highest BCUT2D eigenvalue weighted by Gasteiger charge is 2.14. The van der Waals surface area contributed by atoms with E-state index < -0.39 is 17.7 Å². The molecular weight excluding hydrogens is 186 g/mol. The zero-order valence-electron chi connectivity index (χ0n) is 7.71. The summed E-state index contributed by atoms with van der Waals surface area (Å²) in [4.78, 5) is 0. The summed E-state index contributed by atoms with van der Waals surface area (Å²) >= 11 is 0. The van der Waals surface area contributed by atoms with Gasteiger partial charge in [0.1, 0.15) is 0 Å². The van der Waals surface area contributed by atoms with Gasteiger partial charge in [0.15, 0.2) is 11.6 Å². The van der Waals surface area contributed by atoms with Crippen molar-refractivity contribution in [1.29, 1.82) is 0 Å². The van der Waals surface area contributed by atoms with E-state index in [1.54, 1.807) is 6.08 Å². The number of hydrogen-bond donors (Lipinski definition) is 1. The van der Waals surface area contributed by atoms with E-state index >= 15 is 0 Å². The highest BCUT2D eigenvalue weighted by atomic mass is 19.2. The highest BCUT2D eigenvalue weighted by Crippen LogP contribution is 2.22. The van der Waals surface area contributed by atoms with Crippen molar-refractivity contribution < 1.29 is 13.9 Å². The molecular formula is C11H12F2O. The van der Waals surface area contributed by atoms with Gasteiger partial charge >= 0.3 is 0 Å². The van der Waals surface area contributed by atoms with E-state index in [1.807, 2.05) is 0 Å². The summed E-state index contributed by atoms with van der Waals surface area (Å²) in [5.74, 6) is -1.90. The minimum Gasteiger partial charge on any atom is -0.388 e. The molecule has 0 saturated heterocycles. The normalized spacial score (nSPS) is 12.5. The van der Waals surface area contributed by atoms with E-state index in [1.165, 1.54) is 12.1 Å². The van der Waals surface area contributed by atoms with Gasteiger partial charge in [-0.15, -0.1) is 6.58 Å². The average Bonchev–Trinajstić information content (AvgIpc) is 2.18. The second kappa shape index (κ2) is 4.86. The van der Waals surface area contributed by atoms with Gasteiger partial charge in [-0.3, -0.25) is 0 Å². The van der Waals surface area contributed by atoms with Crippen LogP contribution in [0.1, 0.15) is 24.5 Å². The number of aliphatic hydroxyl groups excluding tert-OH is 1. The molecule has 0 fully saturated rings. The van der Waals surface area contributed by atoms with E-state index in [2.05, 4.69) is 6.58 Å². The molecule has 1 nitrogen and oxygen atoms in total. The third kappa shape index (κ3) is 2.39. The molecule has 0 aliphatic heterocycles.